The van der Waals surface area contributed by atoms with Crippen LogP contribution in [0.4, 0.5) is 5.69 Å². The summed E-state index contributed by atoms with van der Waals surface area (Å²) in [6.45, 7) is 5.19. The normalized spacial score (nSPS) is 15.4. The minimum Gasteiger partial charge on any atom is -0.335 e. The molecule has 1 aliphatic rings. The third-order valence-corrected chi connectivity index (χ3v) is 8.12. The zero-order chi connectivity index (χ0) is 22.9. The van der Waals surface area contributed by atoms with Gasteiger partial charge in [-0.3, -0.25) is 0 Å². The minimum atomic E-state index is 0.776. The number of hydrogen-bond acceptors (Lipinski definition) is 3. The Hall–Kier alpha value is -1.50. The van der Waals surface area contributed by atoms with Crippen molar-refractivity contribution in [1.82, 2.24) is 0 Å². The zero-order valence-corrected chi connectivity index (χ0v) is 22.1. The molecule has 168 valence electrons. The van der Waals surface area contributed by atoms with E-state index in [4.69, 9.17) is 23.2 Å². The Balaban J connectivity index is 1.61. The molecule has 0 unspecified atom stereocenters. The van der Waals surface area contributed by atoms with Gasteiger partial charge in [0.2, 0.25) is 5.52 Å². The van der Waals surface area contributed by atoms with E-state index in [2.05, 4.69) is 80.0 Å². The van der Waals surface area contributed by atoms with Gasteiger partial charge >= 0.3 is 0 Å². The minimum absolute atomic E-state index is 0.776. The fraction of sp³-hybridized carbons (Fsp3) is 0.320. The van der Waals surface area contributed by atoms with E-state index < -0.39 is 0 Å². The molecule has 2 heterocycles. The van der Waals surface area contributed by atoms with Gasteiger partial charge < -0.3 is 9.38 Å². The van der Waals surface area contributed by atoms with Crippen molar-refractivity contribution in [2.75, 3.05) is 39.1 Å². The van der Waals surface area contributed by atoms with Crippen LogP contribution in [0.3, 0.4) is 0 Å². The van der Waals surface area contributed by atoms with Gasteiger partial charge in [0.1, 0.15) is 4.70 Å². The lowest BCUT2D eigenvalue weighted by Crippen LogP contribution is -2.40. The second-order valence-corrected chi connectivity index (χ2v) is 11.9. The van der Waals surface area contributed by atoms with E-state index in [9.17, 15) is 0 Å². The first kappa shape index (κ1) is 23.7. The van der Waals surface area contributed by atoms with Gasteiger partial charge in [-0.15, -0.1) is 0 Å². The molecule has 4 rings (SSSR count). The summed E-state index contributed by atoms with van der Waals surface area (Å²) in [5.74, 6) is 0. The number of rotatable bonds is 7. The maximum absolute atomic E-state index is 6.33. The highest BCUT2D eigenvalue weighted by atomic mass is 35.5. The van der Waals surface area contributed by atoms with Crippen LogP contribution < -0.4 is 9.47 Å². The van der Waals surface area contributed by atoms with Crippen molar-refractivity contribution >= 4 is 68.3 Å². The summed E-state index contributed by atoms with van der Waals surface area (Å²) in [5.41, 5.74) is 2.40. The largest absolute Gasteiger partial charge is 0.335 e. The molecule has 0 amide bonds. The van der Waals surface area contributed by atoms with Gasteiger partial charge in [0.05, 0.1) is 44.8 Å². The van der Waals surface area contributed by atoms with Crippen molar-refractivity contribution < 1.29 is 9.05 Å². The number of fused-ring (bicyclic) bond motifs is 2. The molecule has 0 fully saturated rings. The van der Waals surface area contributed by atoms with Crippen molar-refractivity contribution in [2.45, 2.75) is 24.8 Å². The van der Waals surface area contributed by atoms with Crippen LogP contribution in [-0.2, 0) is 6.54 Å². The van der Waals surface area contributed by atoms with E-state index in [-0.39, 0.29) is 0 Å². The van der Waals surface area contributed by atoms with Crippen molar-refractivity contribution in [3.63, 3.8) is 0 Å². The molecule has 0 atom stereocenters. The fourth-order valence-corrected chi connectivity index (χ4v) is 6.40. The monoisotopic (exact) mass is 505 g/mol. The summed E-state index contributed by atoms with van der Waals surface area (Å²) in [6.07, 6.45) is 7.71. The molecule has 3 nitrogen and oxygen atoms in total. The third kappa shape index (κ3) is 5.35. The Morgan fingerprint density at radius 2 is 1.81 bits per heavy atom. The number of anilines is 1. The zero-order valence-electron chi connectivity index (χ0n) is 18.9. The Bertz CT molecular complexity index is 1190. The molecule has 3 aromatic rings. The quantitative estimate of drug-likeness (QED) is 0.250. The van der Waals surface area contributed by atoms with Gasteiger partial charge in [-0.25, -0.2) is 0 Å². The van der Waals surface area contributed by atoms with Crippen LogP contribution in [0.2, 0.25) is 10.0 Å². The predicted octanol–water partition coefficient (Wildman–Crippen LogP) is 7.08. The van der Waals surface area contributed by atoms with E-state index in [1.807, 2.05) is 23.5 Å². The molecule has 1 aromatic heterocycles. The van der Waals surface area contributed by atoms with Crippen LogP contribution in [0.25, 0.3) is 16.3 Å². The number of aromatic nitrogens is 1. The van der Waals surface area contributed by atoms with E-state index in [0.29, 0.717) is 0 Å². The molecule has 0 bridgehead atoms. The molecule has 32 heavy (non-hydrogen) atoms. The Kier molecular flexibility index (Phi) is 7.23. The number of halogens is 2. The van der Waals surface area contributed by atoms with Gasteiger partial charge in [0.15, 0.2) is 6.54 Å². The lowest BCUT2D eigenvalue weighted by molar-refractivity contribution is -0.873. The molecule has 0 saturated heterocycles. The molecule has 2 aromatic carbocycles. The second-order valence-electron chi connectivity index (χ2n) is 8.89. The molecular weight excluding hydrogens is 477 g/mol. The average Bonchev–Trinajstić information content (AvgIpc) is 3.24. The van der Waals surface area contributed by atoms with E-state index >= 15 is 0 Å². The molecule has 0 N–H and O–H groups in total. The van der Waals surface area contributed by atoms with Gasteiger partial charge in [-0.1, -0.05) is 52.4 Å². The number of thiazole rings is 1. The summed E-state index contributed by atoms with van der Waals surface area (Å²) in [5, 5.41) is 4.03. The highest BCUT2D eigenvalue weighted by Gasteiger charge is 2.24. The first-order chi connectivity index (χ1) is 15.2. The molecule has 0 radical (unpaired) electrons. The summed E-state index contributed by atoms with van der Waals surface area (Å²) < 4.78 is 4.64. The van der Waals surface area contributed by atoms with Crippen LogP contribution in [0.1, 0.15) is 18.4 Å². The van der Waals surface area contributed by atoms with E-state index in [1.54, 1.807) is 11.8 Å². The van der Waals surface area contributed by atoms with Gasteiger partial charge in [0, 0.05) is 33.6 Å². The van der Waals surface area contributed by atoms with Gasteiger partial charge in [0.25, 0.3) is 5.01 Å². The number of thioether (sulfide) groups is 1. The van der Waals surface area contributed by atoms with Crippen LogP contribution in [-0.4, -0.2) is 38.7 Å². The number of nitrogens with zero attached hydrogens (tertiary/aromatic N) is 3. The summed E-state index contributed by atoms with van der Waals surface area (Å²) in [7, 11) is 6.72. The number of benzene rings is 2. The maximum atomic E-state index is 6.33. The SMILES string of the molecule is CCN1/C(=C\C=C\c2sc3ccc(Cl)cc3[n+]2CCC[N+](C)(C)C)Sc2ccc(Cl)cc21. The van der Waals surface area contributed by atoms with E-state index in [0.717, 1.165) is 40.6 Å². The topological polar surface area (TPSA) is 7.12 Å². The first-order valence-corrected chi connectivity index (χ1v) is 13.2. The van der Waals surface area contributed by atoms with Crippen molar-refractivity contribution in [1.29, 1.82) is 0 Å². The number of aryl methyl sites for hydroxylation is 1. The number of hydrogen-bond donors (Lipinski definition) is 0. The second kappa shape index (κ2) is 9.78. The molecule has 0 saturated carbocycles. The van der Waals surface area contributed by atoms with Gasteiger partial charge in [-0.05, 0) is 43.3 Å². The summed E-state index contributed by atoms with van der Waals surface area (Å²) in [4.78, 5) is 3.57. The number of quaternary nitrogens is 1. The molecule has 1 aliphatic heterocycles. The smallest absolute Gasteiger partial charge is 0.262 e. The summed E-state index contributed by atoms with van der Waals surface area (Å²) >= 11 is 16.2. The van der Waals surface area contributed by atoms with E-state index in [1.165, 1.54) is 30.8 Å². The Labute approximate surface area is 209 Å². The van der Waals surface area contributed by atoms with Crippen LogP contribution in [0.15, 0.2) is 58.5 Å². The Morgan fingerprint density at radius 1 is 1.06 bits per heavy atom. The maximum Gasteiger partial charge on any atom is 0.262 e. The van der Waals surface area contributed by atoms with Crippen molar-refractivity contribution in [2.24, 2.45) is 0 Å². The van der Waals surface area contributed by atoms with Crippen molar-refractivity contribution in [3.8, 4) is 0 Å². The molecule has 7 heteroatoms. The molecule has 0 spiro atoms. The Morgan fingerprint density at radius 3 is 2.56 bits per heavy atom. The highest BCUT2D eigenvalue weighted by molar-refractivity contribution is 8.03. The average molecular weight is 507 g/mol. The first-order valence-electron chi connectivity index (χ1n) is 10.8. The lowest BCUT2D eigenvalue weighted by Gasteiger charge is -2.22. The predicted molar refractivity (Wildman–Crippen MR) is 142 cm³/mol. The highest BCUT2D eigenvalue weighted by Crippen LogP contribution is 2.46. The van der Waals surface area contributed by atoms with Crippen LogP contribution >= 0.6 is 46.3 Å². The fourth-order valence-electron chi connectivity index (χ4n) is 3.87. The van der Waals surface area contributed by atoms with Crippen LogP contribution in [0, 0.1) is 0 Å². The van der Waals surface area contributed by atoms with Crippen LogP contribution in [0.5, 0.6) is 0 Å². The van der Waals surface area contributed by atoms with Gasteiger partial charge in [-0.2, -0.15) is 4.57 Å². The van der Waals surface area contributed by atoms with Crippen molar-refractivity contribution in [3.05, 3.63) is 68.6 Å². The lowest BCUT2D eigenvalue weighted by atomic mass is 10.3. The number of allylic oxidation sites excluding steroid dienone is 2. The standard InChI is InChI=1S/C25H29Cl2N3S2/c1-5-28-20-16-18(26)10-12-22(20)31-24(28)8-6-9-25-29(14-7-15-30(2,3)4)21-17-19(27)11-13-23(21)32-25/h6,8-13,16-17H,5,7,14-15H2,1-4H3/q+2. The molecule has 0 aliphatic carbocycles. The third-order valence-electron chi connectivity index (χ3n) is 5.39. The molecular formula is C25H29Cl2N3S2+2. The summed E-state index contributed by atoms with van der Waals surface area (Å²) in [6, 6.07) is 12.3.